The number of methoxy groups -OCH3 is 2. The zero-order valence-electron chi connectivity index (χ0n) is 16.0. The van der Waals surface area contributed by atoms with Crippen molar-refractivity contribution in [3.63, 3.8) is 0 Å². The number of hydrogen-bond acceptors (Lipinski definition) is 7. The summed E-state index contributed by atoms with van der Waals surface area (Å²) in [4.78, 5) is 10.9. The average molecular weight is 418 g/mol. The average Bonchev–Trinajstić information content (AvgIpc) is 3.07. The number of ether oxygens (including phenoxy) is 2. The highest BCUT2D eigenvalue weighted by molar-refractivity contribution is 7.99. The van der Waals surface area contributed by atoms with Crippen LogP contribution in [0.4, 0.5) is 4.39 Å². The number of benzene rings is 2. The number of nitro groups is 1. The van der Waals surface area contributed by atoms with Gasteiger partial charge in [0.05, 0.1) is 14.2 Å². The quantitative estimate of drug-likeness (QED) is 0.312. The van der Waals surface area contributed by atoms with Crippen molar-refractivity contribution in [2.75, 3.05) is 20.8 Å². The predicted octanol–water partition coefficient (Wildman–Crippen LogP) is 3.84. The first-order valence-corrected chi connectivity index (χ1v) is 9.49. The summed E-state index contributed by atoms with van der Waals surface area (Å²) in [6, 6.07) is 11.1. The van der Waals surface area contributed by atoms with Crippen LogP contribution in [0.25, 0.3) is 5.69 Å². The van der Waals surface area contributed by atoms with Crippen LogP contribution in [0.15, 0.2) is 47.6 Å². The molecule has 0 aliphatic carbocycles. The number of aromatic nitrogens is 3. The fourth-order valence-electron chi connectivity index (χ4n) is 2.83. The van der Waals surface area contributed by atoms with Crippen LogP contribution >= 0.6 is 11.8 Å². The summed E-state index contributed by atoms with van der Waals surface area (Å²) in [6.45, 7) is 1.44. The van der Waals surface area contributed by atoms with Crippen molar-refractivity contribution >= 4 is 11.8 Å². The Kier molecular flexibility index (Phi) is 6.32. The van der Waals surface area contributed by atoms with Crippen molar-refractivity contribution in [2.45, 2.75) is 17.3 Å². The van der Waals surface area contributed by atoms with Gasteiger partial charge < -0.3 is 9.47 Å². The van der Waals surface area contributed by atoms with Crippen molar-refractivity contribution in [3.8, 4) is 17.2 Å². The first-order valence-electron chi connectivity index (χ1n) is 8.61. The third-order valence-corrected chi connectivity index (χ3v) is 5.40. The molecule has 0 aliphatic heterocycles. The lowest BCUT2D eigenvalue weighted by Crippen LogP contribution is -2.11. The molecule has 0 unspecified atom stereocenters. The first kappa shape index (κ1) is 20.6. The van der Waals surface area contributed by atoms with Crippen molar-refractivity contribution in [1.82, 2.24) is 14.8 Å². The van der Waals surface area contributed by atoms with Gasteiger partial charge in [0.2, 0.25) is 6.54 Å². The highest BCUT2D eigenvalue weighted by Crippen LogP contribution is 2.39. The molecule has 0 aliphatic rings. The molecule has 1 aromatic heterocycles. The summed E-state index contributed by atoms with van der Waals surface area (Å²) in [5.74, 6) is 1.25. The Morgan fingerprint density at radius 1 is 1.14 bits per heavy atom. The Hall–Kier alpha value is -3.14. The van der Waals surface area contributed by atoms with Gasteiger partial charge in [-0.25, -0.2) is 4.39 Å². The Morgan fingerprint density at radius 2 is 1.83 bits per heavy atom. The lowest BCUT2D eigenvalue weighted by atomic mass is 10.1. The molecule has 0 spiro atoms. The molecule has 2 aromatic carbocycles. The van der Waals surface area contributed by atoms with Crippen molar-refractivity contribution < 1.29 is 18.8 Å². The second kappa shape index (κ2) is 8.91. The summed E-state index contributed by atoms with van der Waals surface area (Å²) in [5.41, 5.74) is 1.36. The second-order valence-electron chi connectivity index (χ2n) is 6.08. The van der Waals surface area contributed by atoms with Crippen LogP contribution < -0.4 is 9.47 Å². The molecule has 3 aromatic rings. The van der Waals surface area contributed by atoms with E-state index in [9.17, 15) is 14.5 Å². The first-order chi connectivity index (χ1) is 13.9. The van der Waals surface area contributed by atoms with E-state index < -0.39 is 5.25 Å². The van der Waals surface area contributed by atoms with E-state index in [0.29, 0.717) is 33.7 Å². The minimum Gasteiger partial charge on any atom is -0.493 e. The van der Waals surface area contributed by atoms with Crippen LogP contribution in [0.2, 0.25) is 0 Å². The number of thioether (sulfide) groups is 1. The van der Waals surface area contributed by atoms with Gasteiger partial charge in [-0.2, -0.15) is 0 Å². The van der Waals surface area contributed by atoms with Gasteiger partial charge in [0.25, 0.3) is 0 Å². The fraction of sp³-hybridized carbons (Fsp3) is 0.263. The molecule has 1 heterocycles. The topological polar surface area (TPSA) is 92.3 Å². The van der Waals surface area contributed by atoms with Crippen LogP contribution in [0.5, 0.6) is 11.5 Å². The summed E-state index contributed by atoms with van der Waals surface area (Å²) < 4.78 is 25.6. The molecule has 0 bridgehead atoms. The molecule has 10 heteroatoms. The Morgan fingerprint density at radius 3 is 2.45 bits per heavy atom. The van der Waals surface area contributed by atoms with E-state index in [2.05, 4.69) is 10.2 Å². The van der Waals surface area contributed by atoms with Crippen molar-refractivity contribution in [1.29, 1.82) is 0 Å². The van der Waals surface area contributed by atoms with Gasteiger partial charge >= 0.3 is 0 Å². The van der Waals surface area contributed by atoms with Crippen LogP contribution in [0.3, 0.4) is 0 Å². The van der Waals surface area contributed by atoms with Gasteiger partial charge in [0.15, 0.2) is 16.7 Å². The molecule has 0 amide bonds. The van der Waals surface area contributed by atoms with E-state index >= 15 is 0 Å². The lowest BCUT2D eigenvalue weighted by molar-refractivity contribution is -0.479. The van der Waals surface area contributed by atoms with Crippen molar-refractivity contribution in [2.24, 2.45) is 0 Å². The molecule has 0 saturated carbocycles. The maximum Gasteiger partial charge on any atom is 0.220 e. The Labute approximate surface area is 170 Å². The molecule has 152 valence electrons. The highest BCUT2D eigenvalue weighted by Gasteiger charge is 2.25. The third-order valence-electron chi connectivity index (χ3n) is 4.22. The van der Waals surface area contributed by atoms with Gasteiger partial charge in [-0.3, -0.25) is 14.7 Å². The van der Waals surface area contributed by atoms with E-state index in [1.165, 1.54) is 38.1 Å². The van der Waals surface area contributed by atoms with E-state index in [1.54, 1.807) is 41.8 Å². The SMILES string of the molecule is COc1ccc([C@@H](C[N+](=O)[O-])Sc2nnc(C)n2-c2ccc(F)cc2)cc1OC. The molecule has 0 fully saturated rings. The van der Waals surface area contributed by atoms with Crippen LogP contribution in [0.1, 0.15) is 16.6 Å². The van der Waals surface area contributed by atoms with Gasteiger partial charge in [0.1, 0.15) is 16.9 Å². The molecule has 29 heavy (non-hydrogen) atoms. The number of rotatable bonds is 8. The lowest BCUT2D eigenvalue weighted by Gasteiger charge is -2.16. The van der Waals surface area contributed by atoms with Gasteiger partial charge in [-0.1, -0.05) is 17.8 Å². The normalized spacial score (nSPS) is 11.9. The van der Waals surface area contributed by atoms with Crippen LogP contribution in [-0.2, 0) is 0 Å². The summed E-state index contributed by atoms with van der Waals surface area (Å²) >= 11 is 1.21. The molecule has 3 rings (SSSR count). The van der Waals surface area contributed by atoms with Crippen LogP contribution in [0, 0.1) is 22.9 Å². The largest absolute Gasteiger partial charge is 0.493 e. The van der Waals surface area contributed by atoms with Gasteiger partial charge in [-0.05, 0) is 48.9 Å². The zero-order valence-corrected chi connectivity index (χ0v) is 16.9. The molecule has 0 N–H and O–H groups in total. The third kappa shape index (κ3) is 4.65. The van der Waals surface area contributed by atoms with E-state index in [0.717, 1.165) is 0 Å². The van der Waals surface area contributed by atoms with Crippen LogP contribution in [-0.4, -0.2) is 40.5 Å². The molecule has 0 saturated heterocycles. The molecular formula is C19H19FN4O4S. The monoisotopic (exact) mass is 418 g/mol. The second-order valence-corrected chi connectivity index (χ2v) is 7.25. The number of aryl methyl sites for hydroxylation is 1. The molecule has 8 nitrogen and oxygen atoms in total. The summed E-state index contributed by atoms with van der Waals surface area (Å²) in [5, 5.41) is 19.5. The summed E-state index contributed by atoms with van der Waals surface area (Å²) in [6.07, 6.45) is 0. The minimum atomic E-state index is -0.549. The molecule has 1 atom stereocenters. The van der Waals surface area contributed by atoms with E-state index in [4.69, 9.17) is 9.47 Å². The maximum atomic E-state index is 13.3. The standard InChI is InChI=1S/C19H19FN4O4S/c1-12-21-22-19(24(12)15-7-5-14(20)6-8-15)29-18(11-23(25)26)13-4-9-16(27-2)17(10-13)28-3/h4-10,18H,11H2,1-3H3/t18-/m1/s1. The fourth-order valence-corrected chi connectivity index (χ4v) is 4.00. The maximum absolute atomic E-state index is 13.3. The highest BCUT2D eigenvalue weighted by atomic mass is 32.2. The van der Waals surface area contributed by atoms with Gasteiger partial charge in [-0.15, -0.1) is 10.2 Å². The Balaban J connectivity index is 1.98. The number of nitrogens with zero attached hydrogens (tertiary/aromatic N) is 4. The smallest absolute Gasteiger partial charge is 0.220 e. The van der Waals surface area contributed by atoms with E-state index in [-0.39, 0.29) is 17.3 Å². The predicted molar refractivity (Wildman–Crippen MR) is 106 cm³/mol. The zero-order chi connectivity index (χ0) is 21.0. The Bertz CT molecular complexity index is 1010. The minimum absolute atomic E-state index is 0.324. The van der Waals surface area contributed by atoms with E-state index in [1.807, 2.05) is 0 Å². The summed E-state index contributed by atoms with van der Waals surface area (Å²) in [7, 11) is 3.03. The number of hydrogen-bond donors (Lipinski definition) is 0. The molecular weight excluding hydrogens is 399 g/mol. The van der Waals surface area contributed by atoms with Gasteiger partial charge in [0, 0.05) is 10.6 Å². The number of halogens is 1. The molecule has 0 radical (unpaired) electrons. The van der Waals surface area contributed by atoms with Crippen molar-refractivity contribution in [3.05, 3.63) is 69.8 Å².